The first-order chi connectivity index (χ1) is 8.84. The summed E-state index contributed by atoms with van der Waals surface area (Å²) in [7, 11) is 0. The number of nitrogens with two attached hydrogens (primary N) is 1. The highest BCUT2D eigenvalue weighted by Crippen LogP contribution is 2.34. The fourth-order valence-electron chi connectivity index (χ4n) is 2.07. The summed E-state index contributed by atoms with van der Waals surface area (Å²) in [5.41, 5.74) is 4.73. The Balaban J connectivity index is 2.16. The van der Waals surface area contributed by atoms with Gasteiger partial charge in [0.1, 0.15) is 0 Å². The van der Waals surface area contributed by atoms with E-state index in [1.165, 1.54) is 12.1 Å². The van der Waals surface area contributed by atoms with Gasteiger partial charge < -0.3 is 11.1 Å². The molecule has 0 saturated heterocycles. The standard InChI is InChI=1S/C13H14F3N3/c14-13(15,16)11-6-10(3-2-9(11)7-17)19-8-12(18)4-1-5-12/h2-3,6,19H,1,4-5,8,18H2. The molecule has 1 aromatic carbocycles. The molecule has 1 saturated carbocycles. The summed E-state index contributed by atoms with van der Waals surface area (Å²) in [5.74, 6) is 0. The second-order valence-corrected chi connectivity index (χ2v) is 4.94. The van der Waals surface area contributed by atoms with Crippen molar-refractivity contribution in [1.29, 1.82) is 5.26 Å². The monoisotopic (exact) mass is 269 g/mol. The van der Waals surface area contributed by atoms with Crippen molar-refractivity contribution in [1.82, 2.24) is 0 Å². The van der Waals surface area contributed by atoms with Crippen LogP contribution in [0, 0.1) is 11.3 Å². The summed E-state index contributed by atoms with van der Waals surface area (Å²) >= 11 is 0. The fourth-order valence-corrected chi connectivity index (χ4v) is 2.07. The summed E-state index contributed by atoms with van der Waals surface area (Å²) in [6, 6.07) is 5.15. The molecular formula is C13H14F3N3. The number of nitrogens with zero attached hydrogens (tertiary/aromatic N) is 1. The number of benzene rings is 1. The zero-order valence-corrected chi connectivity index (χ0v) is 10.2. The molecule has 1 aromatic rings. The first-order valence-corrected chi connectivity index (χ1v) is 5.98. The zero-order chi connectivity index (χ0) is 14.1. The van der Waals surface area contributed by atoms with Crippen molar-refractivity contribution in [2.45, 2.75) is 31.0 Å². The van der Waals surface area contributed by atoms with Crippen molar-refractivity contribution in [3.05, 3.63) is 29.3 Å². The Morgan fingerprint density at radius 1 is 1.37 bits per heavy atom. The lowest BCUT2D eigenvalue weighted by molar-refractivity contribution is -0.137. The highest BCUT2D eigenvalue weighted by Gasteiger charge is 2.35. The van der Waals surface area contributed by atoms with E-state index in [0.717, 1.165) is 25.3 Å². The van der Waals surface area contributed by atoms with E-state index < -0.39 is 11.7 Å². The van der Waals surface area contributed by atoms with Crippen LogP contribution in [-0.4, -0.2) is 12.1 Å². The van der Waals surface area contributed by atoms with Crippen LogP contribution in [0.4, 0.5) is 18.9 Å². The van der Waals surface area contributed by atoms with E-state index in [1.54, 1.807) is 6.07 Å². The minimum atomic E-state index is -4.53. The van der Waals surface area contributed by atoms with Gasteiger partial charge in [-0.05, 0) is 37.5 Å². The topological polar surface area (TPSA) is 61.8 Å². The number of halogens is 3. The Morgan fingerprint density at radius 3 is 2.53 bits per heavy atom. The first-order valence-electron chi connectivity index (χ1n) is 5.98. The molecule has 0 unspecified atom stereocenters. The van der Waals surface area contributed by atoms with Crippen LogP contribution in [0.1, 0.15) is 30.4 Å². The molecule has 0 amide bonds. The van der Waals surface area contributed by atoms with Gasteiger partial charge in [0.25, 0.3) is 0 Å². The molecular weight excluding hydrogens is 255 g/mol. The van der Waals surface area contributed by atoms with Crippen molar-refractivity contribution in [2.24, 2.45) is 5.73 Å². The maximum atomic E-state index is 12.8. The predicted molar refractivity (Wildman–Crippen MR) is 65.4 cm³/mol. The maximum absolute atomic E-state index is 12.8. The van der Waals surface area contributed by atoms with Gasteiger partial charge in [0.05, 0.1) is 17.2 Å². The lowest BCUT2D eigenvalue weighted by Crippen LogP contribution is -2.51. The number of alkyl halides is 3. The highest BCUT2D eigenvalue weighted by molar-refractivity contribution is 5.53. The summed E-state index contributed by atoms with van der Waals surface area (Å²) in [6.45, 7) is 0.441. The van der Waals surface area contributed by atoms with Gasteiger partial charge in [0.2, 0.25) is 0 Å². The van der Waals surface area contributed by atoms with Crippen LogP contribution in [0.15, 0.2) is 18.2 Å². The van der Waals surface area contributed by atoms with Crippen molar-refractivity contribution in [2.75, 3.05) is 11.9 Å². The molecule has 0 aromatic heterocycles. The lowest BCUT2D eigenvalue weighted by atomic mass is 9.78. The Kier molecular flexibility index (Phi) is 3.42. The van der Waals surface area contributed by atoms with E-state index in [1.807, 2.05) is 0 Å². The van der Waals surface area contributed by atoms with E-state index in [9.17, 15) is 13.2 Å². The zero-order valence-electron chi connectivity index (χ0n) is 10.2. The molecule has 2 rings (SSSR count). The Morgan fingerprint density at radius 2 is 2.05 bits per heavy atom. The summed E-state index contributed by atoms with van der Waals surface area (Å²) in [5, 5.41) is 11.6. The van der Waals surface area contributed by atoms with E-state index >= 15 is 0 Å². The molecule has 0 heterocycles. The van der Waals surface area contributed by atoms with Gasteiger partial charge in [-0.3, -0.25) is 0 Å². The van der Waals surface area contributed by atoms with Crippen molar-refractivity contribution in [3.8, 4) is 6.07 Å². The van der Waals surface area contributed by atoms with E-state index in [-0.39, 0.29) is 11.1 Å². The van der Waals surface area contributed by atoms with Crippen LogP contribution in [0.5, 0.6) is 0 Å². The maximum Gasteiger partial charge on any atom is 0.417 e. The first kappa shape index (κ1) is 13.7. The molecule has 1 fully saturated rings. The van der Waals surface area contributed by atoms with Crippen LogP contribution in [-0.2, 0) is 6.18 Å². The lowest BCUT2D eigenvalue weighted by Gasteiger charge is -2.38. The molecule has 102 valence electrons. The molecule has 1 aliphatic rings. The number of hydrogen-bond donors (Lipinski definition) is 2. The molecule has 3 N–H and O–H groups in total. The second-order valence-electron chi connectivity index (χ2n) is 4.94. The van der Waals surface area contributed by atoms with Gasteiger partial charge in [0.15, 0.2) is 0 Å². The van der Waals surface area contributed by atoms with Gasteiger partial charge in [-0.1, -0.05) is 0 Å². The molecule has 6 heteroatoms. The van der Waals surface area contributed by atoms with Gasteiger partial charge in [0, 0.05) is 17.8 Å². The largest absolute Gasteiger partial charge is 0.417 e. The van der Waals surface area contributed by atoms with Crippen LogP contribution in [0.2, 0.25) is 0 Å². The third-order valence-corrected chi connectivity index (χ3v) is 3.44. The number of hydrogen-bond acceptors (Lipinski definition) is 3. The van der Waals surface area contributed by atoms with Crippen LogP contribution < -0.4 is 11.1 Å². The van der Waals surface area contributed by atoms with Gasteiger partial charge in [-0.2, -0.15) is 18.4 Å². The van der Waals surface area contributed by atoms with E-state index in [4.69, 9.17) is 11.0 Å². The molecule has 0 radical (unpaired) electrons. The summed E-state index contributed by atoms with van der Waals surface area (Å²) in [4.78, 5) is 0. The van der Waals surface area contributed by atoms with Crippen LogP contribution in [0.25, 0.3) is 0 Å². The van der Waals surface area contributed by atoms with E-state index in [0.29, 0.717) is 12.2 Å². The molecule has 3 nitrogen and oxygen atoms in total. The predicted octanol–water partition coefficient (Wildman–Crippen LogP) is 2.87. The van der Waals surface area contributed by atoms with Crippen LogP contribution >= 0.6 is 0 Å². The summed E-state index contributed by atoms with van der Waals surface area (Å²) in [6.07, 6.45) is -1.72. The Bertz CT molecular complexity index is 513. The second kappa shape index (κ2) is 4.74. The molecule has 19 heavy (non-hydrogen) atoms. The average Bonchev–Trinajstić information content (AvgIpc) is 2.32. The van der Waals surface area contributed by atoms with E-state index in [2.05, 4.69) is 5.32 Å². The quantitative estimate of drug-likeness (QED) is 0.887. The summed E-state index contributed by atoms with van der Waals surface area (Å²) < 4.78 is 38.3. The highest BCUT2D eigenvalue weighted by atomic mass is 19.4. The number of nitriles is 1. The van der Waals surface area contributed by atoms with Crippen molar-refractivity contribution >= 4 is 5.69 Å². The fraction of sp³-hybridized carbons (Fsp3) is 0.462. The normalized spacial score (nSPS) is 17.4. The third kappa shape index (κ3) is 2.99. The number of rotatable bonds is 3. The SMILES string of the molecule is N#Cc1ccc(NCC2(N)CCC2)cc1C(F)(F)F. The van der Waals surface area contributed by atoms with Crippen LogP contribution in [0.3, 0.4) is 0 Å². The van der Waals surface area contributed by atoms with Crippen molar-refractivity contribution < 1.29 is 13.2 Å². The van der Waals surface area contributed by atoms with Gasteiger partial charge in [-0.15, -0.1) is 0 Å². The smallest absolute Gasteiger partial charge is 0.383 e. The van der Waals surface area contributed by atoms with Gasteiger partial charge in [-0.25, -0.2) is 0 Å². The minimum absolute atomic E-state index is 0.313. The Hall–Kier alpha value is -1.74. The number of anilines is 1. The average molecular weight is 269 g/mol. The number of nitrogens with one attached hydrogen (secondary N) is 1. The van der Waals surface area contributed by atoms with Crippen molar-refractivity contribution in [3.63, 3.8) is 0 Å². The van der Waals surface area contributed by atoms with Gasteiger partial charge >= 0.3 is 6.18 Å². The molecule has 0 bridgehead atoms. The Labute approximate surface area is 109 Å². The minimum Gasteiger partial charge on any atom is -0.383 e. The molecule has 0 atom stereocenters. The molecule has 1 aliphatic carbocycles. The molecule has 0 aliphatic heterocycles. The third-order valence-electron chi connectivity index (χ3n) is 3.44. The molecule has 0 spiro atoms.